The number of ketones is 1. The van der Waals surface area contributed by atoms with Crippen LogP contribution in [0.1, 0.15) is 16.1 Å². The summed E-state index contributed by atoms with van der Waals surface area (Å²) in [4.78, 5) is 15.6. The number of carbonyl (C=O) groups excluding carboxylic acids is 1. The molecule has 0 saturated heterocycles. The van der Waals surface area contributed by atoms with Gasteiger partial charge in [-0.2, -0.15) is 11.3 Å². The highest BCUT2D eigenvalue weighted by Gasteiger charge is 2.17. The summed E-state index contributed by atoms with van der Waals surface area (Å²) >= 11 is 4.61. The van der Waals surface area contributed by atoms with Crippen LogP contribution in [0.2, 0.25) is 0 Å². The molecular formula is C10H5BrFNOS. The normalized spacial score (nSPS) is 10.3. The van der Waals surface area contributed by atoms with Crippen LogP contribution >= 0.6 is 27.3 Å². The zero-order chi connectivity index (χ0) is 10.8. The van der Waals surface area contributed by atoms with Gasteiger partial charge in [-0.25, -0.2) is 9.37 Å². The van der Waals surface area contributed by atoms with E-state index in [4.69, 9.17) is 0 Å². The van der Waals surface area contributed by atoms with E-state index in [1.165, 1.54) is 29.7 Å². The molecule has 15 heavy (non-hydrogen) atoms. The molecule has 0 N–H and O–H groups in total. The van der Waals surface area contributed by atoms with Crippen molar-refractivity contribution < 1.29 is 9.18 Å². The van der Waals surface area contributed by atoms with Crippen LogP contribution in [0, 0.1) is 5.82 Å². The minimum Gasteiger partial charge on any atom is -0.287 e. The molecule has 0 fully saturated rings. The Hall–Kier alpha value is -1.07. The molecule has 2 heterocycles. The molecule has 76 valence electrons. The van der Waals surface area contributed by atoms with Gasteiger partial charge >= 0.3 is 0 Å². The number of thiophene rings is 1. The third-order valence-electron chi connectivity index (χ3n) is 1.83. The number of aromatic nitrogens is 1. The highest BCUT2D eigenvalue weighted by Crippen LogP contribution is 2.24. The van der Waals surface area contributed by atoms with Gasteiger partial charge < -0.3 is 0 Å². The van der Waals surface area contributed by atoms with Crippen molar-refractivity contribution in [1.82, 2.24) is 4.98 Å². The summed E-state index contributed by atoms with van der Waals surface area (Å²) in [5.41, 5.74) is 0.300. The van der Waals surface area contributed by atoms with Crippen LogP contribution in [-0.4, -0.2) is 10.8 Å². The fourth-order valence-corrected chi connectivity index (χ4v) is 2.58. The second-order valence-corrected chi connectivity index (χ2v) is 4.39. The third-order valence-corrected chi connectivity index (χ3v) is 3.54. The molecule has 2 aromatic heterocycles. The first kappa shape index (κ1) is 10.4. The van der Waals surface area contributed by atoms with E-state index < -0.39 is 11.6 Å². The first-order valence-corrected chi connectivity index (χ1v) is 5.80. The summed E-state index contributed by atoms with van der Waals surface area (Å²) in [7, 11) is 0. The summed E-state index contributed by atoms with van der Waals surface area (Å²) < 4.78 is 13.9. The van der Waals surface area contributed by atoms with E-state index in [-0.39, 0.29) is 5.69 Å². The fourth-order valence-electron chi connectivity index (χ4n) is 1.12. The quantitative estimate of drug-likeness (QED) is 0.793. The molecule has 0 saturated carbocycles. The minimum atomic E-state index is -0.597. The van der Waals surface area contributed by atoms with Crippen molar-refractivity contribution in [2.75, 3.05) is 0 Å². The van der Waals surface area contributed by atoms with Crippen LogP contribution in [0.4, 0.5) is 4.39 Å². The monoisotopic (exact) mass is 285 g/mol. The van der Waals surface area contributed by atoms with Crippen molar-refractivity contribution >= 4 is 33.0 Å². The van der Waals surface area contributed by atoms with E-state index >= 15 is 0 Å². The van der Waals surface area contributed by atoms with Crippen LogP contribution in [0.3, 0.4) is 0 Å². The van der Waals surface area contributed by atoms with Crippen molar-refractivity contribution in [3.63, 3.8) is 0 Å². The lowest BCUT2D eigenvalue weighted by atomic mass is 10.1. The van der Waals surface area contributed by atoms with Gasteiger partial charge in [-0.15, -0.1) is 0 Å². The summed E-state index contributed by atoms with van der Waals surface area (Å²) in [6.07, 6.45) is 1.40. The molecule has 0 aliphatic rings. The molecule has 0 radical (unpaired) electrons. The zero-order valence-electron chi connectivity index (χ0n) is 7.41. The van der Waals surface area contributed by atoms with Gasteiger partial charge in [0, 0.05) is 27.0 Å². The summed E-state index contributed by atoms with van der Waals surface area (Å²) in [5, 5.41) is 3.44. The average Bonchev–Trinajstić information content (AvgIpc) is 2.64. The Bertz CT molecular complexity index is 512. The second-order valence-electron chi connectivity index (χ2n) is 2.80. The van der Waals surface area contributed by atoms with Crippen LogP contribution in [0.5, 0.6) is 0 Å². The van der Waals surface area contributed by atoms with Gasteiger partial charge in [-0.3, -0.25) is 4.79 Å². The lowest BCUT2D eigenvalue weighted by Crippen LogP contribution is -2.06. The van der Waals surface area contributed by atoms with E-state index in [0.717, 1.165) is 0 Å². The predicted molar refractivity (Wildman–Crippen MR) is 59.6 cm³/mol. The maximum atomic E-state index is 13.3. The Kier molecular flexibility index (Phi) is 2.93. The number of nitrogens with zero attached hydrogens (tertiary/aromatic N) is 1. The van der Waals surface area contributed by atoms with Gasteiger partial charge in [-0.1, -0.05) is 0 Å². The molecular weight excluding hydrogens is 281 g/mol. The van der Waals surface area contributed by atoms with Crippen molar-refractivity contribution in [2.45, 2.75) is 0 Å². The Morgan fingerprint density at radius 2 is 2.27 bits per heavy atom. The molecule has 2 aromatic rings. The summed E-state index contributed by atoms with van der Waals surface area (Å²) in [6, 6.07) is 2.68. The number of pyridine rings is 1. The molecule has 0 atom stereocenters. The van der Waals surface area contributed by atoms with E-state index in [9.17, 15) is 9.18 Å². The van der Waals surface area contributed by atoms with Crippen LogP contribution < -0.4 is 0 Å². The molecule has 0 amide bonds. The largest absolute Gasteiger partial charge is 0.287 e. The Morgan fingerprint density at radius 3 is 2.87 bits per heavy atom. The third kappa shape index (κ3) is 1.98. The maximum absolute atomic E-state index is 13.3. The van der Waals surface area contributed by atoms with Crippen LogP contribution in [0.25, 0.3) is 0 Å². The number of hydrogen-bond acceptors (Lipinski definition) is 3. The van der Waals surface area contributed by atoms with Crippen LogP contribution in [-0.2, 0) is 0 Å². The molecule has 0 spiro atoms. The first-order valence-electron chi connectivity index (χ1n) is 4.07. The molecule has 2 nitrogen and oxygen atoms in total. The molecule has 0 aliphatic carbocycles. The Balaban J connectivity index is 2.46. The highest BCUT2D eigenvalue weighted by molar-refractivity contribution is 9.10. The van der Waals surface area contributed by atoms with Crippen molar-refractivity contribution in [1.29, 1.82) is 0 Å². The number of halogens is 2. The number of carbonyl (C=O) groups is 1. The SMILES string of the molecule is O=C(c1cscc1Br)c1ncccc1F. The summed E-state index contributed by atoms with van der Waals surface area (Å²) in [6.45, 7) is 0. The highest BCUT2D eigenvalue weighted by atomic mass is 79.9. The zero-order valence-corrected chi connectivity index (χ0v) is 9.81. The molecule has 0 aliphatic heterocycles. The smallest absolute Gasteiger partial charge is 0.216 e. The van der Waals surface area contributed by atoms with E-state index in [1.807, 2.05) is 0 Å². The first-order chi connectivity index (χ1) is 7.20. The summed E-state index contributed by atoms with van der Waals surface area (Å²) in [5.74, 6) is -0.998. The van der Waals surface area contributed by atoms with E-state index in [0.29, 0.717) is 10.0 Å². The Labute approximate surface area is 97.9 Å². The van der Waals surface area contributed by atoms with Gasteiger partial charge in [0.25, 0.3) is 0 Å². The number of rotatable bonds is 2. The van der Waals surface area contributed by atoms with Gasteiger partial charge in [-0.05, 0) is 28.1 Å². The second kappa shape index (κ2) is 4.20. The minimum absolute atomic E-state index is 0.142. The topological polar surface area (TPSA) is 30.0 Å². The lowest BCUT2D eigenvalue weighted by molar-refractivity contribution is 0.103. The van der Waals surface area contributed by atoms with Gasteiger partial charge in [0.1, 0.15) is 5.69 Å². The van der Waals surface area contributed by atoms with E-state index in [2.05, 4.69) is 20.9 Å². The van der Waals surface area contributed by atoms with Gasteiger partial charge in [0.15, 0.2) is 5.82 Å². The molecule has 0 unspecified atom stereocenters. The fraction of sp³-hybridized carbons (Fsp3) is 0. The van der Waals surface area contributed by atoms with Crippen LogP contribution in [0.15, 0.2) is 33.6 Å². The molecule has 0 bridgehead atoms. The lowest BCUT2D eigenvalue weighted by Gasteiger charge is -1.99. The van der Waals surface area contributed by atoms with E-state index in [1.54, 1.807) is 10.8 Å². The van der Waals surface area contributed by atoms with Gasteiger partial charge in [0.2, 0.25) is 5.78 Å². The van der Waals surface area contributed by atoms with Crippen molar-refractivity contribution in [3.05, 3.63) is 50.6 Å². The standard InChI is InChI=1S/C10H5BrFNOS/c11-7-5-15-4-6(7)10(14)9-8(12)2-1-3-13-9/h1-5H. The van der Waals surface area contributed by atoms with Gasteiger partial charge in [0.05, 0.1) is 0 Å². The predicted octanol–water partition coefficient (Wildman–Crippen LogP) is 3.28. The maximum Gasteiger partial charge on any atom is 0.216 e. The number of hydrogen-bond donors (Lipinski definition) is 0. The molecule has 2 rings (SSSR count). The average molecular weight is 286 g/mol. The molecule has 0 aromatic carbocycles. The molecule has 5 heteroatoms. The van der Waals surface area contributed by atoms with Crippen molar-refractivity contribution in [2.24, 2.45) is 0 Å². The van der Waals surface area contributed by atoms with Crippen molar-refractivity contribution in [3.8, 4) is 0 Å². The Morgan fingerprint density at radius 1 is 1.47 bits per heavy atom.